The van der Waals surface area contributed by atoms with Crippen LogP contribution in [0.5, 0.6) is 5.75 Å². The van der Waals surface area contributed by atoms with Gasteiger partial charge in [0.25, 0.3) is 5.91 Å². The summed E-state index contributed by atoms with van der Waals surface area (Å²) < 4.78 is 6.21. The third kappa shape index (κ3) is 5.33. The van der Waals surface area contributed by atoms with Crippen LogP contribution in [0.25, 0.3) is 16.8 Å². The number of benzene rings is 4. The van der Waals surface area contributed by atoms with E-state index in [9.17, 15) is 10.1 Å². The Bertz CT molecular complexity index is 1410. The second kappa shape index (κ2) is 10.1. The molecule has 1 N–H and O–H groups in total. The van der Waals surface area contributed by atoms with Crippen molar-refractivity contribution in [1.29, 1.82) is 5.26 Å². The molecule has 0 bridgehead atoms. The van der Waals surface area contributed by atoms with E-state index in [1.807, 2.05) is 67.6 Å². The van der Waals surface area contributed by atoms with E-state index in [2.05, 4.69) is 43.4 Å². The lowest BCUT2D eigenvalue weighted by Gasteiger charge is -2.14. The summed E-state index contributed by atoms with van der Waals surface area (Å²) in [6.45, 7) is 6.49. The van der Waals surface area contributed by atoms with Gasteiger partial charge in [0, 0.05) is 11.3 Å². The van der Waals surface area contributed by atoms with Crippen molar-refractivity contribution in [3.63, 3.8) is 0 Å². The highest BCUT2D eigenvalue weighted by Crippen LogP contribution is 2.31. The van der Waals surface area contributed by atoms with Crippen molar-refractivity contribution >= 4 is 28.4 Å². The van der Waals surface area contributed by atoms with Crippen LogP contribution in [0.15, 0.2) is 84.4 Å². The summed E-state index contributed by atoms with van der Waals surface area (Å²) in [5, 5.41) is 14.5. The molecule has 4 nitrogen and oxygen atoms in total. The van der Waals surface area contributed by atoms with Crippen molar-refractivity contribution in [2.75, 3.05) is 5.32 Å². The quantitative estimate of drug-likeness (QED) is 0.259. The van der Waals surface area contributed by atoms with Crippen LogP contribution in [0.3, 0.4) is 0 Å². The number of nitrogens with zero attached hydrogens (tertiary/aromatic N) is 1. The Hall–Kier alpha value is -4.36. The van der Waals surface area contributed by atoms with Gasteiger partial charge in [0.15, 0.2) is 0 Å². The lowest BCUT2D eigenvalue weighted by atomic mass is 10.0. The topological polar surface area (TPSA) is 62.1 Å². The van der Waals surface area contributed by atoms with Crippen molar-refractivity contribution in [3.8, 4) is 11.8 Å². The molecule has 0 saturated heterocycles. The minimum absolute atomic E-state index is 0.00757. The first kappa shape index (κ1) is 22.8. The Balaban J connectivity index is 1.70. The van der Waals surface area contributed by atoms with E-state index in [1.165, 1.54) is 11.1 Å². The maximum atomic E-state index is 12.9. The molecule has 0 radical (unpaired) electrons. The lowest BCUT2D eigenvalue weighted by molar-refractivity contribution is -0.112. The molecule has 4 heteroatoms. The zero-order valence-corrected chi connectivity index (χ0v) is 19.6. The number of ether oxygens (including phenoxy) is 1. The molecule has 0 aromatic heterocycles. The Morgan fingerprint density at radius 1 is 0.912 bits per heavy atom. The van der Waals surface area contributed by atoms with Crippen LogP contribution in [-0.4, -0.2) is 5.91 Å². The number of carbonyl (C=O) groups is 1. The van der Waals surface area contributed by atoms with Crippen molar-refractivity contribution in [2.45, 2.75) is 27.4 Å². The molecule has 4 aromatic rings. The molecule has 0 atom stereocenters. The van der Waals surface area contributed by atoms with Gasteiger partial charge in [-0.3, -0.25) is 4.79 Å². The number of anilines is 1. The molecule has 0 saturated carbocycles. The maximum absolute atomic E-state index is 12.9. The fraction of sp³-hybridized carbons (Fsp3) is 0.133. The average molecular weight is 447 g/mol. The van der Waals surface area contributed by atoms with Gasteiger partial charge in [-0.15, -0.1) is 0 Å². The molecule has 4 rings (SSSR count). The largest absolute Gasteiger partial charge is 0.488 e. The number of rotatable bonds is 6. The molecule has 0 aliphatic rings. The zero-order chi connectivity index (χ0) is 24.1. The third-order valence-electron chi connectivity index (χ3n) is 5.57. The van der Waals surface area contributed by atoms with Crippen LogP contribution in [0.4, 0.5) is 5.69 Å². The molecule has 0 spiro atoms. The Morgan fingerprint density at radius 2 is 1.62 bits per heavy atom. The van der Waals surface area contributed by atoms with Crippen LogP contribution in [0.2, 0.25) is 0 Å². The molecule has 0 aliphatic carbocycles. The highest BCUT2D eigenvalue weighted by molar-refractivity contribution is 6.11. The van der Waals surface area contributed by atoms with Gasteiger partial charge >= 0.3 is 0 Å². The number of amides is 1. The molecular weight excluding hydrogens is 420 g/mol. The Labute approximate surface area is 200 Å². The van der Waals surface area contributed by atoms with Gasteiger partial charge in [-0.2, -0.15) is 5.26 Å². The van der Waals surface area contributed by atoms with Crippen molar-refractivity contribution in [1.82, 2.24) is 0 Å². The first-order valence-corrected chi connectivity index (χ1v) is 11.1. The van der Waals surface area contributed by atoms with Crippen LogP contribution in [-0.2, 0) is 11.4 Å². The number of aryl methyl sites for hydroxylation is 3. The third-order valence-corrected chi connectivity index (χ3v) is 5.57. The number of carbonyl (C=O) groups excluding carboxylic acids is 1. The number of fused-ring (bicyclic) bond motifs is 1. The van der Waals surface area contributed by atoms with E-state index in [0.29, 0.717) is 23.6 Å². The number of hydrogen-bond donors (Lipinski definition) is 1. The molecule has 1 amide bonds. The van der Waals surface area contributed by atoms with Gasteiger partial charge in [0.2, 0.25) is 0 Å². The summed E-state index contributed by atoms with van der Waals surface area (Å²) in [5.74, 6) is 0.160. The number of hydrogen-bond acceptors (Lipinski definition) is 3. The Kier molecular flexibility index (Phi) is 6.75. The predicted octanol–water partition coefficient (Wildman–Crippen LogP) is 6.89. The van der Waals surface area contributed by atoms with E-state index in [1.54, 1.807) is 6.08 Å². The fourth-order valence-corrected chi connectivity index (χ4v) is 3.99. The zero-order valence-electron chi connectivity index (χ0n) is 19.6. The van der Waals surface area contributed by atoms with E-state index < -0.39 is 5.91 Å². The van der Waals surface area contributed by atoms with Crippen LogP contribution in [0.1, 0.15) is 27.8 Å². The Morgan fingerprint density at radius 3 is 2.32 bits per heavy atom. The molecule has 0 unspecified atom stereocenters. The monoisotopic (exact) mass is 446 g/mol. The second-order valence-electron chi connectivity index (χ2n) is 8.47. The SMILES string of the molecule is Cc1ccc(NC(=O)/C(C#N)=C/c2c(OCc3cc(C)cc(C)c3)ccc3ccccc23)cc1. The van der Waals surface area contributed by atoms with Gasteiger partial charge in [-0.1, -0.05) is 77.4 Å². The number of nitrogens with one attached hydrogen (secondary N) is 1. The van der Waals surface area contributed by atoms with Gasteiger partial charge < -0.3 is 10.1 Å². The van der Waals surface area contributed by atoms with Crippen LogP contribution in [0, 0.1) is 32.1 Å². The summed E-state index contributed by atoms with van der Waals surface area (Å²) in [4.78, 5) is 12.9. The van der Waals surface area contributed by atoms with Gasteiger partial charge in [-0.05, 0) is 61.4 Å². The normalized spacial score (nSPS) is 11.2. The molecule has 34 heavy (non-hydrogen) atoms. The fourth-order valence-electron chi connectivity index (χ4n) is 3.99. The lowest BCUT2D eigenvalue weighted by Crippen LogP contribution is -2.13. The first-order chi connectivity index (χ1) is 16.4. The molecule has 4 aromatic carbocycles. The molecule has 0 fully saturated rings. The minimum Gasteiger partial charge on any atom is -0.488 e. The summed E-state index contributed by atoms with van der Waals surface area (Å²) in [5.41, 5.74) is 5.87. The second-order valence-corrected chi connectivity index (χ2v) is 8.47. The summed E-state index contributed by atoms with van der Waals surface area (Å²) >= 11 is 0. The highest BCUT2D eigenvalue weighted by Gasteiger charge is 2.14. The average Bonchev–Trinajstić information content (AvgIpc) is 2.82. The van der Waals surface area contributed by atoms with E-state index in [0.717, 1.165) is 21.9 Å². The van der Waals surface area contributed by atoms with E-state index in [-0.39, 0.29) is 5.57 Å². The molecule has 0 heterocycles. The summed E-state index contributed by atoms with van der Waals surface area (Å²) in [7, 11) is 0. The molecular formula is C30H26N2O2. The van der Waals surface area contributed by atoms with E-state index in [4.69, 9.17) is 4.74 Å². The molecule has 168 valence electrons. The predicted molar refractivity (Wildman–Crippen MR) is 138 cm³/mol. The first-order valence-electron chi connectivity index (χ1n) is 11.1. The molecule has 0 aliphatic heterocycles. The number of nitriles is 1. The van der Waals surface area contributed by atoms with Crippen molar-refractivity contribution < 1.29 is 9.53 Å². The van der Waals surface area contributed by atoms with Crippen molar-refractivity contribution in [2.24, 2.45) is 0 Å². The van der Waals surface area contributed by atoms with Gasteiger partial charge in [0.1, 0.15) is 24.0 Å². The highest BCUT2D eigenvalue weighted by atomic mass is 16.5. The van der Waals surface area contributed by atoms with Gasteiger partial charge in [-0.25, -0.2) is 0 Å². The summed E-state index contributed by atoms with van der Waals surface area (Å²) in [6.07, 6.45) is 1.61. The minimum atomic E-state index is -0.459. The van der Waals surface area contributed by atoms with E-state index >= 15 is 0 Å². The maximum Gasteiger partial charge on any atom is 0.266 e. The van der Waals surface area contributed by atoms with Gasteiger partial charge in [0.05, 0.1) is 0 Å². The smallest absolute Gasteiger partial charge is 0.266 e. The van der Waals surface area contributed by atoms with Crippen LogP contribution >= 0.6 is 0 Å². The standard InChI is InChI=1S/C30H26N2O2/c1-20-8-11-26(12-9-20)32-30(33)25(18-31)17-28-27-7-5-4-6-24(27)10-13-29(28)34-19-23-15-21(2)14-22(3)16-23/h4-17H,19H2,1-3H3,(H,32,33)/b25-17+. The van der Waals surface area contributed by atoms with Crippen LogP contribution < -0.4 is 10.1 Å². The summed E-state index contributed by atoms with van der Waals surface area (Å²) in [6, 6.07) is 27.6. The van der Waals surface area contributed by atoms with Crippen molar-refractivity contribution in [3.05, 3.63) is 112 Å².